The Hall–Kier alpha value is -3.67. The standard InChI is InChI=1S/C54H88O6/c1-4-7-10-13-16-19-22-24-25-26-27-28-30-32-35-38-41-44-47-53(56)59-50-51(49-58-52(55)46-43-40-37-34-31-21-18-15-12-9-6-3)60-54(57)48-45-42-39-36-33-29-23-20-17-14-11-8-5-2/h10,13,15-16,18-19,22,24-29,33,39,42,51H,4-9,11-12,14,17,20-21,23,30-32,34-38,40-41,43-50H2,1-3H3/b13-10-,18-15-,19-16-,24-22-,26-25-,28-27-,33-29-,42-39-. The van der Waals surface area contributed by atoms with Crippen molar-refractivity contribution < 1.29 is 28.6 Å². The van der Waals surface area contributed by atoms with Crippen molar-refractivity contribution in [3.8, 4) is 0 Å². The van der Waals surface area contributed by atoms with E-state index >= 15 is 0 Å². The minimum absolute atomic E-state index is 0.114. The van der Waals surface area contributed by atoms with Crippen LogP contribution in [0.1, 0.15) is 207 Å². The topological polar surface area (TPSA) is 78.9 Å². The Bertz CT molecular complexity index is 1230. The fraction of sp³-hybridized carbons (Fsp3) is 0.648. The molecule has 1 atom stereocenters. The van der Waals surface area contributed by atoms with Crippen LogP contribution >= 0.6 is 0 Å². The molecule has 1 unspecified atom stereocenters. The van der Waals surface area contributed by atoms with Crippen LogP contribution < -0.4 is 0 Å². The molecule has 0 aliphatic heterocycles. The number of hydrogen-bond acceptors (Lipinski definition) is 6. The summed E-state index contributed by atoms with van der Waals surface area (Å²) in [6.07, 6.45) is 62.5. The average molecular weight is 833 g/mol. The minimum atomic E-state index is -0.821. The normalized spacial score (nSPS) is 12.9. The highest BCUT2D eigenvalue weighted by Gasteiger charge is 2.19. The van der Waals surface area contributed by atoms with E-state index in [1.807, 2.05) is 42.5 Å². The van der Waals surface area contributed by atoms with Crippen LogP contribution in [0.25, 0.3) is 0 Å². The lowest BCUT2D eigenvalue weighted by Crippen LogP contribution is -2.30. The summed E-state index contributed by atoms with van der Waals surface area (Å²) in [6, 6.07) is 0. The molecule has 340 valence electrons. The monoisotopic (exact) mass is 833 g/mol. The average Bonchev–Trinajstić information content (AvgIpc) is 3.24. The van der Waals surface area contributed by atoms with Crippen molar-refractivity contribution in [3.05, 3.63) is 97.2 Å². The largest absolute Gasteiger partial charge is 0.462 e. The Morgan fingerprint density at radius 3 is 1.27 bits per heavy atom. The maximum Gasteiger partial charge on any atom is 0.306 e. The van der Waals surface area contributed by atoms with E-state index in [1.165, 1.54) is 70.6 Å². The SMILES string of the molecule is CCC\C=C/C=C\C=C/C=C\C=C/CCCCCCCC(=O)OCC(COC(=O)CCCCCCC/C=C\CCCC)OC(=O)CC/C=C\C/C=C\CCCCCCCC. The van der Waals surface area contributed by atoms with Gasteiger partial charge in [0.2, 0.25) is 0 Å². The second kappa shape index (κ2) is 48.0. The molecule has 0 fully saturated rings. The van der Waals surface area contributed by atoms with E-state index < -0.39 is 12.1 Å². The van der Waals surface area contributed by atoms with Crippen LogP contribution in [-0.4, -0.2) is 37.2 Å². The van der Waals surface area contributed by atoms with Crippen LogP contribution in [0.4, 0.5) is 0 Å². The third-order valence-corrected chi connectivity index (χ3v) is 9.90. The number of allylic oxidation sites excluding steroid dienone is 16. The molecule has 6 nitrogen and oxygen atoms in total. The number of carbonyl (C=O) groups is 3. The second-order valence-corrected chi connectivity index (χ2v) is 15.8. The molecule has 0 aliphatic carbocycles. The van der Waals surface area contributed by atoms with Crippen LogP contribution in [0.5, 0.6) is 0 Å². The van der Waals surface area contributed by atoms with Gasteiger partial charge in [-0.3, -0.25) is 14.4 Å². The number of carbonyl (C=O) groups excluding carboxylic acids is 3. The summed E-state index contributed by atoms with van der Waals surface area (Å²) in [7, 11) is 0. The summed E-state index contributed by atoms with van der Waals surface area (Å²) in [6.45, 7) is 6.40. The molecule has 60 heavy (non-hydrogen) atoms. The molecule has 0 aromatic rings. The maximum absolute atomic E-state index is 12.7. The van der Waals surface area contributed by atoms with Crippen molar-refractivity contribution in [1.82, 2.24) is 0 Å². The van der Waals surface area contributed by atoms with Crippen LogP contribution in [0.15, 0.2) is 97.2 Å². The smallest absolute Gasteiger partial charge is 0.306 e. The van der Waals surface area contributed by atoms with E-state index in [4.69, 9.17) is 14.2 Å². The van der Waals surface area contributed by atoms with Gasteiger partial charge in [-0.15, -0.1) is 0 Å². The molecule has 0 aromatic heterocycles. The summed E-state index contributed by atoms with van der Waals surface area (Å²) in [5, 5.41) is 0. The number of hydrogen-bond donors (Lipinski definition) is 0. The predicted octanol–water partition coefficient (Wildman–Crippen LogP) is 15.8. The summed E-state index contributed by atoms with van der Waals surface area (Å²) in [5.74, 6) is -1.03. The predicted molar refractivity (Wildman–Crippen MR) is 256 cm³/mol. The van der Waals surface area contributed by atoms with Gasteiger partial charge in [-0.2, -0.15) is 0 Å². The first kappa shape index (κ1) is 56.3. The number of ether oxygens (including phenoxy) is 3. The van der Waals surface area contributed by atoms with Crippen LogP contribution in [-0.2, 0) is 28.6 Å². The highest BCUT2D eigenvalue weighted by Crippen LogP contribution is 2.12. The number of rotatable bonds is 42. The molecule has 0 N–H and O–H groups in total. The Balaban J connectivity index is 4.51. The fourth-order valence-electron chi connectivity index (χ4n) is 6.21. The Morgan fingerprint density at radius 1 is 0.350 bits per heavy atom. The van der Waals surface area contributed by atoms with Crippen molar-refractivity contribution in [2.24, 2.45) is 0 Å². The lowest BCUT2D eigenvalue weighted by atomic mass is 10.1. The zero-order chi connectivity index (χ0) is 43.7. The van der Waals surface area contributed by atoms with Crippen LogP contribution in [0, 0.1) is 0 Å². The zero-order valence-electron chi connectivity index (χ0n) is 38.7. The van der Waals surface area contributed by atoms with Gasteiger partial charge in [0.05, 0.1) is 0 Å². The van der Waals surface area contributed by atoms with Crippen molar-refractivity contribution >= 4 is 17.9 Å². The molecule has 0 heterocycles. The third-order valence-electron chi connectivity index (χ3n) is 9.90. The maximum atomic E-state index is 12.7. The molecule has 0 saturated carbocycles. The van der Waals surface area contributed by atoms with Gasteiger partial charge in [-0.05, 0) is 77.0 Å². The number of esters is 3. The second-order valence-electron chi connectivity index (χ2n) is 15.8. The van der Waals surface area contributed by atoms with Crippen LogP contribution in [0.2, 0.25) is 0 Å². The van der Waals surface area contributed by atoms with Gasteiger partial charge >= 0.3 is 17.9 Å². The lowest BCUT2D eigenvalue weighted by molar-refractivity contribution is -0.166. The summed E-state index contributed by atoms with van der Waals surface area (Å²) < 4.78 is 16.6. The van der Waals surface area contributed by atoms with Crippen molar-refractivity contribution in [3.63, 3.8) is 0 Å². The van der Waals surface area contributed by atoms with Gasteiger partial charge in [-0.1, -0.05) is 208 Å². The van der Waals surface area contributed by atoms with Gasteiger partial charge in [0.1, 0.15) is 13.2 Å². The first-order chi connectivity index (χ1) is 29.5. The summed E-state index contributed by atoms with van der Waals surface area (Å²) >= 11 is 0. The van der Waals surface area contributed by atoms with E-state index in [0.29, 0.717) is 19.3 Å². The molecular weight excluding hydrogens is 745 g/mol. The van der Waals surface area contributed by atoms with Crippen molar-refractivity contribution in [1.29, 1.82) is 0 Å². The molecule has 0 amide bonds. The molecule has 0 rings (SSSR count). The third kappa shape index (κ3) is 45.4. The Labute approximate surface area is 368 Å². The van der Waals surface area contributed by atoms with Gasteiger partial charge in [0.15, 0.2) is 6.10 Å². The highest BCUT2D eigenvalue weighted by atomic mass is 16.6. The van der Waals surface area contributed by atoms with Crippen molar-refractivity contribution in [2.45, 2.75) is 213 Å². The molecule has 0 aliphatic rings. The minimum Gasteiger partial charge on any atom is -0.462 e. The fourth-order valence-corrected chi connectivity index (χ4v) is 6.21. The van der Waals surface area contributed by atoms with E-state index in [0.717, 1.165) is 89.9 Å². The van der Waals surface area contributed by atoms with Gasteiger partial charge < -0.3 is 14.2 Å². The molecular formula is C54H88O6. The zero-order valence-corrected chi connectivity index (χ0v) is 38.7. The van der Waals surface area contributed by atoms with E-state index in [2.05, 4.69) is 75.5 Å². The number of unbranched alkanes of at least 4 members (excludes halogenated alkanes) is 19. The van der Waals surface area contributed by atoms with E-state index in [9.17, 15) is 14.4 Å². The first-order valence-electron chi connectivity index (χ1n) is 24.3. The van der Waals surface area contributed by atoms with E-state index in [1.54, 1.807) is 0 Å². The van der Waals surface area contributed by atoms with Crippen molar-refractivity contribution in [2.75, 3.05) is 13.2 Å². The lowest BCUT2D eigenvalue weighted by Gasteiger charge is -2.18. The van der Waals surface area contributed by atoms with Gasteiger partial charge in [0.25, 0.3) is 0 Å². The molecule has 0 saturated heterocycles. The quantitative estimate of drug-likeness (QED) is 0.0200. The van der Waals surface area contributed by atoms with Gasteiger partial charge in [-0.25, -0.2) is 0 Å². The molecule has 0 aromatic carbocycles. The van der Waals surface area contributed by atoms with Gasteiger partial charge in [0, 0.05) is 19.3 Å². The first-order valence-corrected chi connectivity index (χ1v) is 24.3. The molecule has 0 radical (unpaired) electrons. The summed E-state index contributed by atoms with van der Waals surface area (Å²) in [5.41, 5.74) is 0. The van der Waals surface area contributed by atoms with Crippen LogP contribution in [0.3, 0.4) is 0 Å². The molecule has 6 heteroatoms. The van der Waals surface area contributed by atoms with E-state index in [-0.39, 0.29) is 31.6 Å². The molecule has 0 bridgehead atoms. The Morgan fingerprint density at radius 2 is 0.750 bits per heavy atom. The highest BCUT2D eigenvalue weighted by molar-refractivity contribution is 5.71. The molecule has 0 spiro atoms. The summed E-state index contributed by atoms with van der Waals surface area (Å²) in [4.78, 5) is 37.8. The Kier molecular flexibility index (Phi) is 45.1.